The minimum absolute atomic E-state index is 0.271. The third kappa shape index (κ3) is 0.939. The summed E-state index contributed by atoms with van der Waals surface area (Å²) in [4.78, 5) is 11.8. The second kappa shape index (κ2) is 2.56. The molecule has 2 bridgehead atoms. The van der Waals surface area contributed by atoms with Crippen LogP contribution in [0.5, 0.6) is 0 Å². The third-order valence-corrected chi connectivity index (χ3v) is 3.71. The maximum atomic E-state index is 11.8. The van der Waals surface area contributed by atoms with Gasteiger partial charge >= 0.3 is 0 Å². The molecule has 2 rings (SSSR count). The van der Waals surface area contributed by atoms with Gasteiger partial charge < -0.3 is 5.11 Å². The van der Waals surface area contributed by atoms with E-state index in [9.17, 15) is 9.90 Å². The van der Waals surface area contributed by atoms with E-state index >= 15 is 0 Å². The Labute approximate surface area is 73.0 Å². The minimum Gasteiger partial charge on any atom is -0.392 e. The lowest BCUT2D eigenvalue weighted by molar-refractivity contribution is -0.149. The zero-order valence-electron chi connectivity index (χ0n) is 7.55. The molecule has 2 aliphatic carbocycles. The van der Waals surface area contributed by atoms with Crippen molar-refractivity contribution in [3.05, 3.63) is 0 Å². The standard InChI is InChI=1S/C10H16O2/c1-10-6-2-3-7(9(10)12)4-5-8(10)11/h7-8,11H,2-6H2,1H3. The molecule has 2 aliphatic rings. The SMILES string of the molecule is CC12CCCC(CCC1O)C2=O. The number of aliphatic hydroxyl groups excluding tert-OH is 1. The van der Waals surface area contributed by atoms with Crippen LogP contribution in [0.15, 0.2) is 0 Å². The summed E-state index contributed by atoms with van der Waals surface area (Å²) < 4.78 is 0. The molecule has 68 valence electrons. The van der Waals surface area contributed by atoms with Crippen LogP contribution in [0.4, 0.5) is 0 Å². The number of hydrogen-bond acceptors (Lipinski definition) is 2. The van der Waals surface area contributed by atoms with Crippen LogP contribution in [-0.4, -0.2) is 17.0 Å². The maximum Gasteiger partial charge on any atom is 0.144 e. The molecule has 0 radical (unpaired) electrons. The van der Waals surface area contributed by atoms with Gasteiger partial charge in [0.2, 0.25) is 0 Å². The molecule has 0 aliphatic heterocycles. The minimum atomic E-state index is -0.388. The largest absolute Gasteiger partial charge is 0.392 e. The van der Waals surface area contributed by atoms with Crippen molar-refractivity contribution < 1.29 is 9.90 Å². The number of carbonyl (C=O) groups excluding carboxylic acids is 1. The van der Waals surface area contributed by atoms with Crippen molar-refractivity contribution in [3.63, 3.8) is 0 Å². The number of Topliss-reactive ketones (excluding diaryl/α,β-unsaturated/α-hetero) is 1. The second-order valence-electron chi connectivity index (χ2n) is 4.46. The van der Waals surface area contributed by atoms with E-state index < -0.39 is 0 Å². The number of carbonyl (C=O) groups is 1. The summed E-state index contributed by atoms with van der Waals surface area (Å²) in [5.41, 5.74) is -0.388. The monoisotopic (exact) mass is 168 g/mol. The van der Waals surface area contributed by atoms with Crippen LogP contribution in [-0.2, 0) is 4.79 Å². The Bertz CT molecular complexity index is 212. The van der Waals surface area contributed by atoms with Gasteiger partial charge in [-0.1, -0.05) is 13.3 Å². The van der Waals surface area contributed by atoms with E-state index in [2.05, 4.69) is 0 Å². The van der Waals surface area contributed by atoms with Crippen LogP contribution >= 0.6 is 0 Å². The van der Waals surface area contributed by atoms with E-state index in [4.69, 9.17) is 0 Å². The van der Waals surface area contributed by atoms with Gasteiger partial charge in [-0.15, -0.1) is 0 Å². The van der Waals surface area contributed by atoms with E-state index in [1.807, 2.05) is 6.92 Å². The summed E-state index contributed by atoms with van der Waals surface area (Å²) in [6.07, 6.45) is 4.43. The Morgan fingerprint density at radius 1 is 1.42 bits per heavy atom. The number of rotatable bonds is 0. The molecule has 1 N–H and O–H groups in total. The predicted octanol–water partition coefficient (Wildman–Crippen LogP) is 1.52. The number of aliphatic hydroxyl groups is 1. The fraction of sp³-hybridized carbons (Fsp3) is 0.900. The van der Waals surface area contributed by atoms with E-state index in [0.717, 1.165) is 32.1 Å². The number of ketones is 1. The van der Waals surface area contributed by atoms with Crippen molar-refractivity contribution in [3.8, 4) is 0 Å². The molecule has 0 aromatic heterocycles. The lowest BCUT2D eigenvalue weighted by Crippen LogP contribution is -2.49. The summed E-state index contributed by atoms with van der Waals surface area (Å²) in [5, 5.41) is 9.73. The van der Waals surface area contributed by atoms with E-state index in [-0.39, 0.29) is 17.4 Å². The van der Waals surface area contributed by atoms with Crippen LogP contribution in [0, 0.1) is 11.3 Å². The zero-order valence-corrected chi connectivity index (χ0v) is 7.55. The highest BCUT2D eigenvalue weighted by Gasteiger charge is 2.48. The molecule has 2 fully saturated rings. The zero-order chi connectivity index (χ0) is 8.77. The van der Waals surface area contributed by atoms with Crippen molar-refractivity contribution in [1.29, 1.82) is 0 Å². The summed E-state index contributed by atoms with van der Waals surface area (Å²) in [6.45, 7) is 1.94. The lowest BCUT2D eigenvalue weighted by atomic mass is 9.60. The van der Waals surface area contributed by atoms with E-state index in [1.54, 1.807) is 0 Å². The molecule has 0 aromatic rings. The van der Waals surface area contributed by atoms with Crippen LogP contribution in [0.2, 0.25) is 0 Å². The van der Waals surface area contributed by atoms with Gasteiger partial charge in [0.25, 0.3) is 0 Å². The first-order valence-corrected chi connectivity index (χ1v) is 4.87. The first kappa shape index (κ1) is 8.24. The fourth-order valence-electron chi connectivity index (χ4n) is 2.72. The summed E-state index contributed by atoms with van der Waals surface area (Å²) in [5.74, 6) is 0.597. The van der Waals surface area contributed by atoms with Gasteiger partial charge in [-0.3, -0.25) is 4.79 Å². The predicted molar refractivity (Wildman–Crippen MR) is 45.7 cm³/mol. The van der Waals surface area contributed by atoms with Gasteiger partial charge in [-0.05, 0) is 25.7 Å². The first-order chi connectivity index (χ1) is 5.64. The lowest BCUT2D eigenvalue weighted by Gasteiger charge is -2.44. The summed E-state index contributed by atoms with van der Waals surface area (Å²) >= 11 is 0. The molecular weight excluding hydrogens is 152 g/mol. The Balaban J connectivity index is 2.29. The fourth-order valence-corrected chi connectivity index (χ4v) is 2.72. The molecule has 0 heterocycles. The number of hydrogen-bond donors (Lipinski definition) is 1. The Morgan fingerprint density at radius 3 is 2.83 bits per heavy atom. The molecule has 2 nitrogen and oxygen atoms in total. The normalized spacial score (nSPS) is 47.7. The smallest absolute Gasteiger partial charge is 0.144 e. The topological polar surface area (TPSA) is 37.3 Å². The van der Waals surface area contributed by atoms with Crippen molar-refractivity contribution in [2.75, 3.05) is 0 Å². The Kier molecular flexibility index (Phi) is 1.76. The summed E-state index contributed by atoms with van der Waals surface area (Å²) in [6, 6.07) is 0. The maximum absolute atomic E-state index is 11.8. The van der Waals surface area contributed by atoms with Gasteiger partial charge in [0, 0.05) is 5.92 Å². The van der Waals surface area contributed by atoms with Crippen LogP contribution in [0.25, 0.3) is 0 Å². The molecule has 3 atom stereocenters. The summed E-state index contributed by atoms with van der Waals surface area (Å²) in [7, 11) is 0. The molecular formula is C10H16O2. The Morgan fingerprint density at radius 2 is 2.17 bits per heavy atom. The van der Waals surface area contributed by atoms with Gasteiger partial charge in [0.15, 0.2) is 0 Å². The van der Waals surface area contributed by atoms with Gasteiger partial charge in [-0.2, -0.15) is 0 Å². The van der Waals surface area contributed by atoms with E-state index in [1.165, 1.54) is 0 Å². The highest BCUT2D eigenvalue weighted by atomic mass is 16.3. The molecule has 2 saturated carbocycles. The van der Waals surface area contributed by atoms with E-state index in [0.29, 0.717) is 5.78 Å². The van der Waals surface area contributed by atoms with Crippen molar-refractivity contribution in [1.82, 2.24) is 0 Å². The number of fused-ring (bicyclic) bond motifs is 2. The molecule has 0 aromatic carbocycles. The Hall–Kier alpha value is -0.370. The van der Waals surface area contributed by atoms with Crippen molar-refractivity contribution >= 4 is 5.78 Å². The average Bonchev–Trinajstić information content (AvgIpc) is 2.04. The van der Waals surface area contributed by atoms with Crippen LogP contribution < -0.4 is 0 Å². The molecule has 0 saturated heterocycles. The van der Waals surface area contributed by atoms with Crippen LogP contribution in [0.1, 0.15) is 39.0 Å². The second-order valence-corrected chi connectivity index (χ2v) is 4.46. The quantitative estimate of drug-likeness (QED) is 0.595. The van der Waals surface area contributed by atoms with Gasteiger partial charge in [0.05, 0.1) is 11.5 Å². The highest BCUT2D eigenvalue weighted by molar-refractivity contribution is 5.88. The van der Waals surface area contributed by atoms with Gasteiger partial charge in [-0.25, -0.2) is 0 Å². The molecule has 0 spiro atoms. The molecule has 12 heavy (non-hydrogen) atoms. The molecule has 3 unspecified atom stereocenters. The first-order valence-electron chi connectivity index (χ1n) is 4.87. The van der Waals surface area contributed by atoms with Crippen molar-refractivity contribution in [2.45, 2.75) is 45.1 Å². The average molecular weight is 168 g/mol. The van der Waals surface area contributed by atoms with Gasteiger partial charge in [0.1, 0.15) is 5.78 Å². The molecule has 0 amide bonds. The molecule has 2 heteroatoms. The third-order valence-electron chi connectivity index (χ3n) is 3.71. The van der Waals surface area contributed by atoms with Crippen molar-refractivity contribution in [2.24, 2.45) is 11.3 Å². The highest BCUT2D eigenvalue weighted by Crippen LogP contribution is 2.45. The van der Waals surface area contributed by atoms with Crippen LogP contribution in [0.3, 0.4) is 0 Å².